The molecule has 0 fully saturated rings. The minimum absolute atomic E-state index is 0.118. The van der Waals surface area contributed by atoms with E-state index in [0.29, 0.717) is 15.6 Å². The third kappa shape index (κ3) is 4.03. The van der Waals surface area contributed by atoms with Crippen molar-refractivity contribution in [1.29, 1.82) is 0 Å². The van der Waals surface area contributed by atoms with Crippen molar-refractivity contribution >= 4 is 31.8 Å². The van der Waals surface area contributed by atoms with Crippen molar-refractivity contribution in [1.82, 2.24) is 4.98 Å². The third-order valence-corrected chi connectivity index (χ3v) is 4.40. The van der Waals surface area contributed by atoms with Gasteiger partial charge in [0.1, 0.15) is 0 Å². The van der Waals surface area contributed by atoms with Gasteiger partial charge in [0, 0.05) is 6.20 Å². The number of halogens is 1. The molecule has 0 aliphatic rings. The number of aromatic nitrogens is 1. The first-order chi connectivity index (χ1) is 9.50. The minimum Gasteiger partial charge on any atom is -0.392 e. The molecule has 0 bridgehead atoms. The van der Waals surface area contributed by atoms with Crippen molar-refractivity contribution in [2.24, 2.45) is 0 Å². The first-order valence-corrected chi connectivity index (χ1v) is 8.24. The zero-order chi connectivity index (χ0) is 14.6. The van der Waals surface area contributed by atoms with Crippen molar-refractivity contribution in [2.75, 3.05) is 4.72 Å². The monoisotopic (exact) mass is 356 g/mol. The van der Waals surface area contributed by atoms with Gasteiger partial charge >= 0.3 is 0 Å². The molecule has 0 aliphatic heterocycles. The van der Waals surface area contributed by atoms with Crippen molar-refractivity contribution in [3.8, 4) is 0 Å². The Kier molecular flexibility index (Phi) is 4.74. The zero-order valence-corrected chi connectivity index (χ0v) is 12.9. The Morgan fingerprint density at radius 2 is 1.95 bits per heavy atom. The van der Waals surface area contributed by atoms with Crippen molar-refractivity contribution in [2.45, 2.75) is 12.4 Å². The molecular formula is C13H13BrN2O3S. The molecule has 0 spiro atoms. The summed E-state index contributed by atoms with van der Waals surface area (Å²) in [6, 6.07) is 10.2. The number of hydrogen-bond donors (Lipinski definition) is 2. The fraction of sp³-hybridized carbons (Fsp3) is 0.154. The second-order valence-corrected chi connectivity index (χ2v) is 6.75. The van der Waals surface area contributed by atoms with Crippen LogP contribution in [0, 0.1) is 0 Å². The summed E-state index contributed by atoms with van der Waals surface area (Å²) in [5, 5.41) is 9.05. The predicted octanol–water partition coefficient (Wildman–Crippen LogP) is 2.28. The highest BCUT2D eigenvalue weighted by Gasteiger charge is 2.14. The number of sulfonamides is 1. The van der Waals surface area contributed by atoms with Gasteiger partial charge in [-0.1, -0.05) is 24.3 Å². The molecule has 2 aromatic rings. The van der Waals surface area contributed by atoms with Gasteiger partial charge in [0.15, 0.2) is 5.82 Å². The molecule has 0 saturated heterocycles. The molecule has 0 atom stereocenters. The topological polar surface area (TPSA) is 79.3 Å². The molecule has 20 heavy (non-hydrogen) atoms. The van der Waals surface area contributed by atoms with E-state index >= 15 is 0 Å². The van der Waals surface area contributed by atoms with Gasteiger partial charge < -0.3 is 5.11 Å². The number of aliphatic hydroxyl groups is 1. The van der Waals surface area contributed by atoms with Crippen LogP contribution in [0.5, 0.6) is 0 Å². The summed E-state index contributed by atoms with van der Waals surface area (Å²) >= 11 is 3.23. The Bertz CT molecular complexity index is 704. The lowest BCUT2D eigenvalue weighted by atomic mass is 10.1. The van der Waals surface area contributed by atoms with Crippen LogP contribution >= 0.6 is 15.9 Å². The van der Waals surface area contributed by atoms with Crippen LogP contribution in [0.15, 0.2) is 47.1 Å². The molecular weight excluding hydrogens is 344 g/mol. The molecule has 5 nitrogen and oxygen atoms in total. The Morgan fingerprint density at radius 3 is 2.65 bits per heavy atom. The highest BCUT2D eigenvalue weighted by atomic mass is 79.9. The maximum atomic E-state index is 12.1. The third-order valence-electron chi connectivity index (χ3n) is 2.54. The lowest BCUT2D eigenvalue weighted by molar-refractivity contribution is 0.282. The van der Waals surface area contributed by atoms with Crippen LogP contribution < -0.4 is 4.72 Å². The number of pyridine rings is 1. The number of hydrogen-bond acceptors (Lipinski definition) is 4. The molecule has 1 heterocycles. The summed E-state index contributed by atoms with van der Waals surface area (Å²) in [7, 11) is -3.56. The summed E-state index contributed by atoms with van der Waals surface area (Å²) in [5.74, 6) is 0.0787. The first kappa shape index (κ1) is 15.0. The fourth-order valence-electron chi connectivity index (χ4n) is 1.68. The maximum Gasteiger partial charge on any atom is 0.238 e. The number of nitrogens with zero attached hydrogens (tertiary/aromatic N) is 1. The second-order valence-electron chi connectivity index (χ2n) is 4.17. The van der Waals surface area contributed by atoms with Gasteiger partial charge in [0.05, 0.1) is 16.8 Å². The molecule has 106 valence electrons. The molecule has 2 N–H and O–H groups in total. The summed E-state index contributed by atoms with van der Waals surface area (Å²) in [6.07, 6.45) is 1.51. The quantitative estimate of drug-likeness (QED) is 0.861. The van der Waals surface area contributed by atoms with E-state index in [4.69, 9.17) is 5.11 Å². The summed E-state index contributed by atoms with van der Waals surface area (Å²) in [5.41, 5.74) is 1.29. The average Bonchev–Trinajstić information content (AvgIpc) is 2.41. The molecule has 1 aromatic carbocycles. The Balaban J connectivity index is 2.17. The Labute approximate surface area is 125 Å². The highest BCUT2D eigenvalue weighted by Crippen LogP contribution is 2.20. The van der Waals surface area contributed by atoms with E-state index in [1.165, 1.54) is 6.20 Å². The van der Waals surface area contributed by atoms with Crippen LogP contribution in [-0.4, -0.2) is 18.5 Å². The van der Waals surface area contributed by atoms with E-state index in [1.54, 1.807) is 36.4 Å². The largest absolute Gasteiger partial charge is 0.392 e. The van der Waals surface area contributed by atoms with E-state index in [2.05, 4.69) is 25.6 Å². The van der Waals surface area contributed by atoms with Crippen molar-refractivity contribution in [3.05, 3.63) is 58.2 Å². The van der Waals surface area contributed by atoms with Crippen LogP contribution in [0.1, 0.15) is 11.1 Å². The summed E-state index contributed by atoms with van der Waals surface area (Å²) in [6.45, 7) is -0.118. The Morgan fingerprint density at radius 1 is 1.20 bits per heavy atom. The van der Waals surface area contributed by atoms with Gasteiger partial charge in [-0.05, 0) is 39.2 Å². The van der Waals surface area contributed by atoms with Gasteiger partial charge in [-0.2, -0.15) is 0 Å². The van der Waals surface area contributed by atoms with Gasteiger partial charge in [-0.3, -0.25) is 4.72 Å². The van der Waals surface area contributed by atoms with Crippen LogP contribution in [0.4, 0.5) is 5.82 Å². The Hall–Kier alpha value is -1.44. The van der Waals surface area contributed by atoms with Crippen molar-refractivity contribution in [3.63, 3.8) is 0 Å². The molecule has 7 heteroatoms. The highest BCUT2D eigenvalue weighted by molar-refractivity contribution is 9.10. The average molecular weight is 357 g/mol. The summed E-state index contributed by atoms with van der Waals surface area (Å²) in [4.78, 5) is 3.96. The van der Waals surface area contributed by atoms with Crippen LogP contribution in [-0.2, 0) is 22.4 Å². The number of nitrogens with one attached hydrogen (secondary N) is 1. The van der Waals surface area contributed by atoms with Gasteiger partial charge in [0.25, 0.3) is 0 Å². The van der Waals surface area contributed by atoms with Crippen LogP contribution in [0.25, 0.3) is 0 Å². The molecule has 0 amide bonds. The zero-order valence-electron chi connectivity index (χ0n) is 10.5. The van der Waals surface area contributed by atoms with Gasteiger partial charge in [-0.15, -0.1) is 0 Å². The first-order valence-electron chi connectivity index (χ1n) is 5.80. The molecule has 0 unspecified atom stereocenters. The normalized spacial score (nSPS) is 11.3. The van der Waals surface area contributed by atoms with E-state index in [-0.39, 0.29) is 18.2 Å². The molecule has 2 rings (SSSR count). The van der Waals surface area contributed by atoms with E-state index < -0.39 is 10.0 Å². The molecule has 0 radical (unpaired) electrons. The van der Waals surface area contributed by atoms with Crippen molar-refractivity contribution < 1.29 is 13.5 Å². The van der Waals surface area contributed by atoms with Gasteiger partial charge in [0.2, 0.25) is 10.0 Å². The second kappa shape index (κ2) is 6.34. The summed E-state index contributed by atoms with van der Waals surface area (Å²) < 4.78 is 27.2. The lowest BCUT2D eigenvalue weighted by Crippen LogP contribution is -2.16. The number of aliphatic hydroxyl groups excluding tert-OH is 1. The maximum absolute atomic E-state index is 12.1. The van der Waals surface area contributed by atoms with E-state index in [1.807, 2.05) is 0 Å². The number of rotatable bonds is 5. The predicted molar refractivity (Wildman–Crippen MR) is 80.5 cm³/mol. The number of benzene rings is 1. The minimum atomic E-state index is -3.56. The van der Waals surface area contributed by atoms with Crippen LogP contribution in [0.3, 0.4) is 0 Å². The van der Waals surface area contributed by atoms with E-state index in [9.17, 15) is 8.42 Å². The SMILES string of the molecule is O=S(=O)(Cc1cccc(CO)c1)Nc1ncccc1Br. The van der Waals surface area contributed by atoms with Crippen LogP contribution in [0.2, 0.25) is 0 Å². The molecule has 0 aliphatic carbocycles. The van der Waals surface area contributed by atoms with E-state index in [0.717, 1.165) is 0 Å². The standard InChI is InChI=1S/C13H13BrN2O3S/c14-12-5-2-6-15-13(12)16-20(18,19)9-11-4-1-3-10(7-11)8-17/h1-7,17H,8-9H2,(H,15,16). The lowest BCUT2D eigenvalue weighted by Gasteiger charge is -2.09. The number of anilines is 1. The fourth-order valence-corrected chi connectivity index (χ4v) is 3.31. The smallest absolute Gasteiger partial charge is 0.238 e. The molecule has 0 saturated carbocycles. The van der Waals surface area contributed by atoms with Gasteiger partial charge in [-0.25, -0.2) is 13.4 Å². The molecule has 1 aromatic heterocycles.